The number of anilines is 1. The molecule has 6 nitrogen and oxygen atoms in total. The quantitative estimate of drug-likeness (QED) is 0.610. The molecule has 1 aromatic heterocycles. The van der Waals surface area contributed by atoms with E-state index < -0.39 is 5.50 Å². The summed E-state index contributed by atoms with van der Waals surface area (Å²) in [4.78, 5) is 25.2. The summed E-state index contributed by atoms with van der Waals surface area (Å²) >= 11 is 8.19. The van der Waals surface area contributed by atoms with Gasteiger partial charge in [-0.2, -0.15) is 0 Å². The van der Waals surface area contributed by atoms with Crippen molar-refractivity contribution in [3.63, 3.8) is 0 Å². The minimum atomic E-state index is -0.434. The first-order valence-corrected chi connectivity index (χ1v) is 10.2. The number of nitrogens with zero attached hydrogens (tertiary/aromatic N) is 3. The van der Waals surface area contributed by atoms with Crippen LogP contribution in [0.2, 0.25) is 0 Å². The van der Waals surface area contributed by atoms with E-state index in [0.717, 1.165) is 40.7 Å². The van der Waals surface area contributed by atoms with Crippen LogP contribution in [0.3, 0.4) is 0 Å². The second-order valence-electron chi connectivity index (χ2n) is 6.70. The number of primary amides is 1. The molecule has 1 saturated heterocycles. The molecule has 3 heterocycles. The van der Waals surface area contributed by atoms with Crippen LogP contribution in [-0.4, -0.2) is 29.0 Å². The third kappa shape index (κ3) is 3.95. The van der Waals surface area contributed by atoms with Crippen molar-refractivity contribution in [1.29, 1.82) is 0 Å². The van der Waals surface area contributed by atoms with E-state index in [4.69, 9.17) is 27.2 Å². The Morgan fingerprint density at radius 3 is 2.96 bits per heavy atom. The van der Waals surface area contributed by atoms with Gasteiger partial charge < -0.3 is 10.6 Å². The van der Waals surface area contributed by atoms with Gasteiger partial charge in [0.25, 0.3) is 0 Å². The summed E-state index contributed by atoms with van der Waals surface area (Å²) < 4.78 is 0. The number of rotatable bonds is 5. The summed E-state index contributed by atoms with van der Waals surface area (Å²) in [5.74, 6) is -0.357. The Balaban J connectivity index is 1.45. The number of amides is 1. The van der Waals surface area contributed by atoms with Crippen molar-refractivity contribution in [2.45, 2.75) is 24.9 Å². The van der Waals surface area contributed by atoms with E-state index in [0.29, 0.717) is 13.2 Å². The summed E-state index contributed by atoms with van der Waals surface area (Å²) in [7, 11) is 0. The van der Waals surface area contributed by atoms with Crippen LogP contribution in [0.1, 0.15) is 34.5 Å². The van der Waals surface area contributed by atoms with E-state index in [1.165, 1.54) is 0 Å². The van der Waals surface area contributed by atoms with Crippen molar-refractivity contribution in [3.8, 4) is 0 Å². The molecule has 2 N–H and O–H groups in total. The summed E-state index contributed by atoms with van der Waals surface area (Å²) in [5, 5.41) is 2.53. The number of hydroxylamine groups is 2. The van der Waals surface area contributed by atoms with Gasteiger partial charge in [0, 0.05) is 19.3 Å². The predicted octanol–water partition coefficient (Wildman–Crippen LogP) is 3.50. The number of benzene rings is 1. The third-order valence-corrected chi connectivity index (χ3v) is 6.53. The molecule has 1 amide bonds. The van der Waals surface area contributed by atoms with Gasteiger partial charge in [-0.1, -0.05) is 53.3 Å². The zero-order valence-electron chi connectivity index (χ0n) is 14.8. The van der Waals surface area contributed by atoms with Crippen LogP contribution in [0.25, 0.3) is 6.08 Å². The van der Waals surface area contributed by atoms with Gasteiger partial charge in [-0.25, -0.2) is 10.0 Å². The lowest BCUT2D eigenvalue weighted by molar-refractivity contribution is -0.142. The molecule has 2 aliphatic rings. The standard InChI is InChI=1S/C19H21ClN4O2S/c20-17-16-15(8-10-24(17)26-12-13-5-2-1-3-6-13)22-19(27-16)23-9-4-7-14(11-23)18(21)25/h1-3,5-6,8,10,14,17H,4,7,9,11-12H2,(H2,21,25). The molecule has 4 rings (SSSR count). The first-order chi connectivity index (χ1) is 13.1. The summed E-state index contributed by atoms with van der Waals surface area (Å²) in [6.45, 7) is 1.94. The second-order valence-corrected chi connectivity index (χ2v) is 8.13. The highest BCUT2D eigenvalue weighted by Crippen LogP contribution is 2.41. The van der Waals surface area contributed by atoms with Crippen LogP contribution in [-0.2, 0) is 16.2 Å². The number of thiazole rings is 1. The van der Waals surface area contributed by atoms with Crippen molar-refractivity contribution in [3.05, 3.63) is 52.7 Å². The number of piperidine rings is 1. The average Bonchev–Trinajstić information content (AvgIpc) is 3.14. The van der Waals surface area contributed by atoms with Crippen LogP contribution in [0, 0.1) is 5.92 Å². The minimum absolute atomic E-state index is 0.118. The number of alkyl halides is 1. The molecule has 2 atom stereocenters. The van der Waals surface area contributed by atoms with Gasteiger partial charge in [0.05, 0.1) is 23.1 Å². The maximum atomic E-state index is 11.5. The maximum Gasteiger partial charge on any atom is 0.222 e. The molecule has 0 saturated carbocycles. The number of carbonyl (C=O) groups is 1. The van der Waals surface area contributed by atoms with E-state index >= 15 is 0 Å². The smallest absolute Gasteiger partial charge is 0.222 e. The Kier molecular flexibility index (Phi) is 5.33. The molecule has 2 aliphatic heterocycles. The molecule has 0 spiro atoms. The SMILES string of the molecule is NC(=O)C1CCCN(c2nc3c(s2)C(Cl)N(OCc2ccccc2)C=C3)C1. The van der Waals surface area contributed by atoms with Crippen molar-refractivity contribution in [1.82, 2.24) is 10.0 Å². The number of nitrogens with two attached hydrogens (primary N) is 1. The largest absolute Gasteiger partial charge is 0.369 e. The Morgan fingerprint density at radius 2 is 2.19 bits per heavy atom. The fraction of sp³-hybridized carbons (Fsp3) is 0.368. The van der Waals surface area contributed by atoms with Gasteiger partial charge in [-0.05, 0) is 24.5 Å². The fourth-order valence-electron chi connectivity index (χ4n) is 3.31. The van der Waals surface area contributed by atoms with E-state index in [-0.39, 0.29) is 11.8 Å². The lowest BCUT2D eigenvalue weighted by Gasteiger charge is -2.30. The van der Waals surface area contributed by atoms with Gasteiger partial charge >= 0.3 is 0 Å². The molecule has 1 fully saturated rings. The minimum Gasteiger partial charge on any atom is -0.369 e. The summed E-state index contributed by atoms with van der Waals surface area (Å²) in [5.41, 5.74) is 6.99. The van der Waals surface area contributed by atoms with E-state index in [1.54, 1.807) is 16.4 Å². The number of hydrogen-bond donors (Lipinski definition) is 1. The average molecular weight is 405 g/mol. The van der Waals surface area contributed by atoms with Crippen molar-refractivity contribution in [2.75, 3.05) is 18.0 Å². The van der Waals surface area contributed by atoms with Gasteiger partial charge in [0.15, 0.2) is 10.6 Å². The Labute approximate surface area is 167 Å². The third-order valence-electron chi connectivity index (χ3n) is 4.81. The first-order valence-electron chi connectivity index (χ1n) is 8.94. The maximum absolute atomic E-state index is 11.5. The van der Waals surface area contributed by atoms with Crippen molar-refractivity contribution in [2.24, 2.45) is 11.7 Å². The van der Waals surface area contributed by atoms with E-state index in [9.17, 15) is 4.79 Å². The van der Waals surface area contributed by atoms with Crippen LogP contribution in [0.4, 0.5) is 5.13 Å². The molecular weight excluding hydrogens is 384 g/mol. The van der Waals surface area contributed by atoms with Gasteiger partial charge in [-0.15, -0.1) is 0 Å². The zero-order valence-corrected chi connectivity index (χ0v) is 16.3. The summed E-state index contributed by atoms with van der Waals surface area (Å²) in [6, 6.07) is 9.96. The van der Waals surface area contributed by atoms with Crippen LogP contribution in [0.5, 0.6) is 0 Å². The van der Waals surface area contributed by atoms with Gasteiger partial charge in [-0.3, -0.25) is 9.63 Å². The zero-order chi connectivity index (χ0) is 18.8. The van der Waals surface area contributed by atoms with Crippen LogP contribution >= 0.6 is 22.9 Å². The second kappa shape index (κ2) is 7.88. The molecule has 0 radical (unpaired) electrons. The van der Waals surface area contributed by atoms with Gasteiger partial charge in [0.1, 0.15) is 0 Å². The molecule has 2 aromatic rings. The number of halogens is 1. The first kappa shape index (κ1) is 18.3. The number of aromatic nitrogens is 1. The Hall–Kier alpha value is -2.09. The molecular formula is C19H21ClN4O2S. The molecule has 0 aliphatic carbocycles. The summed E-state index contributed by atoms with van der Waals surface area (Å²) in [6.07, 6.45) is 5.50. The van der Waals surface area contributed by atoms with Gasteiger partial charge in [0.2, 0.25) is 5.91 Å². The van der Waals surface area contributed by atoms with Crippen LogP contribution < -0.4 is 10.6 Å². The Bertz CT molecular complexity index is 841. The van der Waals surface area contributed by atoms with Crippen LogP contribution in [0.15, 0.2) is 36.5 Å². The molecule has 8 heteroatoms. The number of fused-ring (bicyclic) bond motifs is 1. The highest BCUT2D eigenvalue weighted by atomic mass is 35.5. The van der Waals surface area contributed by atoms with Crippen molar-refractivity contribution < 1.29 is 9.63 Å². The molecule has 2 unspecified atom stereocenters. The lowest BCUT2D eigenvalue weighted by Crippen LogP contribution is -2.41. The monoisotopic (exact) mass is 404 g/mol. The highest BCUT2D eigenvalue weighted by molar-refractivity contribution is 7.16. The van der Waals surface area contributed by atoms with Crippen molar-refractivity contribution >= 4 is 40.1 Å². The molecule has 27 heavy (non-hydrogen) atoms. The van der Waals surface area contributed by atoms with E-state index in [1.807, 2.05) is 42.6 Å². The number of hydrogen-bond acceptors (Lipinski definition) is 6. The topological polar surface area (TPSA) is 71.7 Å². The molecule has 0 bridgehead atoms. The Morgan fingerprint density at radius 1 is 1.37 bits per heavy atom. The highest BCUT2D eigenvalue weighted by Gasteiger charge is 2.30. The number of carbonyl (C=O) groups excluding carboxylic acids is 1. The fourth-order valence-corrected chi connectivity index (χ4v) is 4.73. The predicted molar refractivity (Wildman–Crippen MR) is 107 cm³/mol. The normalized spacial score (nSPS) is 22.0. The molecule has 142 valence electrons. The molecule has 1 aromatic carbocycles. The lowest BCUT2D eigenvalue weighted by atomic mass is 9.98. The van der Waals surface area contributed by atoms with E-state index in [2.05, 4.69) is 4.90 Å².